The molecular weight excluding hydrogens is 340 g/mol. The third-order valence-electron chi connectivity index (χ3n) is 3.37. The van der Waals surface area contributed by atoms with Crippen LogP contribution in [0.4, 0.5) is 11.6 Å². The van der Waals surface area contributed by atoms with Gasteiger partial charge in [-0.25, -0.2) is 15.0 Å². The lowest BCUT2D eigenvalue weighted by Gasteiger charge is -2.07. The molecule has 24 heavy (non-hydrogen) atoms. The van der Waals surface area contributed by atoms with E-state index in [-0.39, 0.29) is 5.78 Å². The Labute approximate surface area is 148 Å². The monoisotopic (exact) mass is 356 g/mol. The van der Waals surface area contributed by atoms with Crippen molar-refractivity contribution in [3.63, 3.8) is 0 Å². The highest BCUT2D eigenvalue weighted by molar-refractivity contribution is 8.00. The van der Waals surface area contributed by atoms with E-state index in [2.05, 4.69) is 20.3 Å². The standard InChI is InChI=1S/C17H16N4OS2/c1-10-15(24-17(19-10)23-3)14-7-8-18-16(21-14)20-13-6-4-5-12(9-13)11(2)22/h4-9H,1-3H3,(H,18,20,21). The van der Waals surface area contributed by atoms with E-state index in [9.17, 15) is 4.79 Å². The fourth-order valence-electron chi connectivity index (χ4n) is 2.19. The van der Waals surface area contributed by atoms with Gasteiger partial charge in [-0.05, 0) is 38.3 Å². The first-order chi connectivity index (χ1) is 11.6. The fourth-order valence-corrected chi connectivity index (χ4v) is 3.77. The van der Waals surface area contributed by atoms with E-state index in [1.165, 1.54) is 0 Å². The second kappa shape index (κ2) is 7.11. The molecule has 0 saturated heterocycles. The van der Waals surface area contributed by atoms with Crippen molar-refractivity contribution in [2.45, 2.75) is 18.2 Å². The van der Waals surface area contributed by atoms with Crippen molar-refractivity contribution >= 4 is 40.5 Å². The average molecular weight is 356 g/mol. The molecular formula is C17H16N4OS2. The maximum atomic E-state index is 11.5. The first-order valence-corrected chi connectivity index (χ1v) is 9.34. The van der Waals surface area contributed by atoms with Crippen LogP contribution >= 0.6 is 23.1 Å². The molecule has 7 heteroatoms. The predicted octanol–water partition coefficient (Wildman–Crippen LogP) is 4.58. The summed E-state index contributed by atoms with van der Waals surface area (Å²) in [6.07, 6.45) is 3.73. The number of aryl methyl sites for hydroxylation is 1. The molecule has 1 N–H and O–H groups in total. The van der Waals surface area contributed by atoms with Gasteiger partial charge in [0.25, 0.3) is 0 Å². The second-order valence-electron chi connectivity index (χ2n) is 5.13. The lowest BCUT2D eigenvalue weighted by atomic mass is 10.1. The van der Waals surface area contributed by atoms with Crippen molar-refractivity contribution in [2.24, 2.45) is 0 Å². The number of benzene rings is 1. The molecule has 5 nitrogen and oxygen atoms in total. The summed E-state index contributed by atoms with van der Waals surface area (Å²) in [7, 11) is 0. The molecule has 122 valence electrons. The van der Waals surface area contributed by atoms with Gasteiger partial charge in [0.05, 0.1) is 16.3 Å². The summed E-state index contributed by atoms with van der Waals surface area (Å²) in [6.45, 7) is 3.53. The van der Waals surface area contributed by atoms with Gasteiger partial charge in [-0.3, -0.25) is 4.79 Å². The molecule has 0 bridgehead atoms. The molecule has 0 aliphatic carbocycles. The van der Waals surface area contributed by atoms with E-state index >= 15 is 0 Å². The van der Waals surface area contributed by atoms with Crippen molar-refractivity contribution in [1.82, 2.24) is 15.0 Å². The van der Waals surface area contributed by atoms with Gasteiger partial charge in [-0.15, -0.1) is 11.3 Å². The minimum absolute atomic E-state index is 0.0261. The molecule has 0 saturated carbocycles. The van der Waals surface area contributed by atoms with E-state index in [0.717, 1.165) is 26.3 Å². The lowest BCUT2D eigenvalue weighted by Crippen LogP contribution is -1.99. The smallest absolute Gasteiger partial charge is 0.227 e. The Morgan fingerprint density at radius 3 is 2.79 bits per heavy atom. The highest BCUT2D eigenvalue weighted by atomic mass is 32.2. The van der Waals surface area contributed by atoms with Crippen LogP contribution in [-0.2, 0) is 0 Å². The Kier molecular flexibility index (Phi) is 4.92. The third kappa shape index (κ3) is 3.63. The van der Waals surface area contributed by atoms with Gasteiger partial charge >= 0.3 is 0 Å². The Morgan fingerprint density at radius 1 is 1.25 bits per heavy atom. The number of aromatic nitrogens is 3. The number of anilines is 2. The number of thiazole rings is 1. The number of nitrogens with one attached hydrogen (secondary N) is 1. The van der Waals surface area contributed by atoms with Crippen LogP contribution in [0.25, 0.3) is 10.6 Å². The topological polar surface area (TPSA) is 67.8 Å². The zero-order valence-electron chi connectivity index (χ0n) is 13.5. The molecule has 2 heterocycles. The van der Waals surface area contributed by atoms with Crippen LogP contribution in [0.3, 0.4) is 0 Å². The van der Waals surface area contributed by atoms with Crippen LogP contribution < -0.4 is 5.32 Å². The Balaban J connectivity index is 1.89. The zero-order chi connectivity index (χ0) is 17.1. The number of carbonyl (C=O) groups is 1. The highest BCUT2D eigenvalue weighted by Gasteiger charge is 2.11. The van der Waals surface area contributed by atoms with Crippen LogP contribution in [0.15, 0.2) is 40.9 Å². The van der Waals surface area contributed by atoms with Crippen LogP contribution in [0.2, 0.25) is 0 Å². The third-order valence-corrected chi connectivity index (χ3v) is 5.53. The number of hydrogen-bond donors (Lipinski definition) is 1. The number of thioether (sulfide) groups is 1. The molecule has 3 rings (SSSR count). The fraction of sp³-hybridized carbons (Fsp3) is 0.176. The Bertz CT molecular complexity index is 892. The van der Waals surface area contributed by atoms with Crippen molar-refractivity contribution in [3.8, 4) is 10.6 Å². The molecule has 2 aromatic heterocycles. The van der Waals surface area contributed by atoms with Crippen LogP contribution in [-0.4, -0.2) is 27.0 Å². The summed E-state index contributed by atoms with van der Waals surface area (Å²) in [6, 6.07) is 9.17. The normalized spacial score (nSPS) is 10.6. The van der Waals surface area contributed by atoms with E-state index < -0.39 is 0 Å². The van der Waals surface area contributed by atoms with E-state index in [0.29, 0.717) is 11.5 Å². The first-order valence-electron chi connectivity index (χ1n) is 7.29. The van der Waals surface area contributed by atoms with E-state index in [1.807, 2.05) is 31.4 Å². The number of Topliss-reactive ketones (excluding diaryl/α,β-unsaturated/α-hetero) is 1. The minimum atomic E-state index is 0.0261. The number of nitrogens with zero attached hydrogens (tertiary/aromatic N) is 3. The zero-order valence-corrected chi connectivity index (χ0v) is 15.2. The molecule has 0 amide bonds. The summed E-state index contributed by atoms with van der Waals surface area (Å²) in [4.78, 5) is 25.9. The van der Waals surface area contributed by atoms with E-state index in [1.54, 1.807) is 48.4 Å². The van der Waals surface area contributed by atoms with E-state index in [4.69, 9.17) is 0 Å². The van der Waals surface area contributed by atoms with Gasteiger partial charge in [0.15, 0.2) is 10.1 Å². The van der Waals surface area contributed by atoms with Crippen molar-refractivity contribution in [1.29, 1.82) is 0 Å². The van der Waals surface area contributed by atoms with Crippen LogP contribution in [0.5, 0.6) is 0 Å². The molecule has 0 radical (unpaired) electrons. The number of ketones is 1. The molecule has 0 atom stereocenters. The van der Waals surface area contributed by atoms with Gasteiger partial charge in [0.1, 0.15) is 0 Å². The molecule has 1 aromatic carbocycles. The summed E-state index contributed by atoms with van der Waals surface area (Å²) in [5, 5.41) is 3.15. The number of rotatable bonds is 5. The molecule has 3 aromatic rings. The van der Waals surface area contributed by atoms with Crippen molar-refractivity contribution in [3.05, 3.63) is 47.8 Å². The maximum absolute atomic E-state index is 11.5. The van der Waals surface area contributed by atoms with Gasteiger partial charge in [-0.2, -0.15) is 0 Å². The summed E-state index contributed by atoms with van der Waals surface area (Å²) >= 11 is 3.25. The maximum Gasteiger partial charge on any atom is 0.227 e. The Morgan fingerprint density at radius 2 is 2.08 bits per heavy atom. The minimum Gasteiger partial charge on any atom is -0.324 e. The lowest BCUT2D eigenvalue weighted by molar-refractivity contribution is 0.101. The van der Waals surface area contributed by atoms with Gasteiger partial charge < -0.3 is 5.32 Å². The SMILES string of the molecule is CSc1nc(C)c(-c2ccnc(Nc3cccc(C(C)=O)c3)n2)s1. The molecule has 0 unspecified atom stereocenters. The molecule has 0 spiro atoms. The molecule has 0 aliphatic heterocycles. The van der Waals surface area contributed by atoms with Crippen LogP contribution in [0, 0.1) is 6.92 Å². The molecule has 0 aliphatic rings. The first kappa shape index (κ1) is 16.6. The number of carbonyl (C=O) groups excluding carboxylic acids is 1. The van der Waals surface area contributed by atoms with Gasteiger partial charge in [0.2, 0.25) is 5.95 Å². The molecule has 0 fully saturated rings. The average Bonchev–Trinajstić information content (AvgIpc) is 2.96. The van der Waals surface area contributed by atoms with Crippen molar-refractivity contribution < 1.29 is 4.79 Å². The summed E-state index contributed by atoms with van der Waals surface area (Å²) in [5.74, 6) is 0.518. The largest absolute Gasteiger partial charge is 0.324 e. The van der Waals surface area contributed by atoms with Crippen LogP contribution in [0.1, 0.15) is 23.0 Å². The van der Waals surface area contributed by atoms with Gasteiger partial charge in [-0.1, -0.05) is 23.9 Å². The predicted molar refractivity (Wildman–Crippen MR) is 99.4 cm³/mol. The summed E-state index contributed by atoms with van der Waals surface area (Å²) in [5.41, 5.74) is 3.24. The second-order valence-corrected chi connectivity index (χ2v) is 7.18. The Hall–Kier alpha value is -2.25. The summed E-state index contributed by atoms with van der Waals surface area (Å²) < 4.78 is 1.02. The highest BCUT2D eigenvalue weighted by Crippen LogP contribution is 2.33. The van der Waals surface area contributed by atoms with Crippen molar-refractivity contribution in [2.75, 3.05) is 11.6 Å². The number of hydrogen-bond acceptors (Lipinski definition) is 7. The quantitative estimate of drug-likeness (QED) is 0.533. The van der Waals surface area contributed by atoms with Gasteiger partial charge in [0, 0.05) is 17.4 Å².